The SMILES string of the molecule is CC(C)n1ncc(N)c1B1OCCO1. The van der Waals surface area contributed by atoms with E-state index in [9.17, 15) is 0 Å². The molecule has 2 N–H and O–H groups in total. The molecule has 2 heterocycles. The topological polar surface area (TPSA) is 62.3 Å². The van der Waals surface area contributed by atoms with Crippen LogP contribution in [0.5, 0.6) is 0 Å². The van der Waals surface area contributed by atoms with E-state index in [1.54, 1.807) is 6.20 Å². The number of nitrogens with two attached hydrogens (primary N) is 1. The molecule has 1 aromatic rings. The van der Waals surface area contributed by atoms with E-state index in [1.807, 2.05) is 18.5 Å². The van der Waals surface area contributed by atoms with Crippen LogP contribution in [0.15, 0.2) is 6.20 Å². The molecule has 1 fully saturated rings. The van der Waals surface area contributed by atoms with Crippen LogP contribution in [-0.4, -0.2) is 30.1 Å². The Labute approximate surface area is 83.3 Å². The molecule has 0 spiro atoms. The van der Waals surface area contributed by atoms with E-state index < -0.39 is 0 Å². The largest absolute Gasteiger partial charge is 0.515 e. The van der Waals surface area contributed by atoms with Crippen LogP contribution in [0.3, 0.4) is 0 Å². The summed E-state index contributed by atoms with van der Waals surface area (Å²) < 4.78 is 12.7. The summed E-state index contributed by atoms with van der Waals surface area (Å²) in [5.41, 5.74) is 7.28. The van der Waals surface area contributed by atoms with Crippen molar-refractivity contribution in [2.45, 2.75) is 19.9 Å². The lowest BCUT2D eigenvalue weighted by Crippen LogP contribution is -2.40. The lowest BCUT2D eigenvalue weighted by molar-refractivity contribution is 0.365. The van der Waals surface area contributed by atoms with Gasteiger partial charge in [-0.2, -0.15) is 5.10 Å². The summed E-state index contributed by atoms with van der Waals surface area (Å²) in [5.74, 6) is 0. The zero-order chi connectivity index (χ0) is 10.1. The van der Waals surface area contributed by atoms with Crippen molar-refractivity contribution in [2.24, 2.45) is 0 Å². The van der Waals surface area contributed by atoms with Gasteiger partial charge in [-0.05, 0) is 13.8 Å². The van der Waals surface area contributed by atoms with Crippen molar-refractivity contribution in [3.8, 4) is 0 Å². The van der Waals surface area contributed by atoms with Crippen molar-refractivity contribution in [1.82, 2.24) is 9.78 Å². The highest BCUT2D eigenvalue weighted by Crippen LogP contribution is 2.09. The molecule has 6 heteroatoms. The summed E-state index contributed by atoms with van der Waals surface area (Å²) in [4.78, 5) is 0. The Balaban J connectivity index is 2.33. The fourth-order valence-electron chi connectivity index (χ4n) is 1.56. The van der Waals surface area contributed by atoms with E-state index in [0.717, 1.165) is 5.59 Å². The summed E-state index contributed by atoms with van der Waals surface area (Å²) in [6.07, 6.45) is 1.64. The minimum Gasteiger partial charge on any atom is -0.404 e. The summed E-state index contributed by atoms with van der Waals surface area (Å²) in [6, 6.07) is 0.259. The second-order valence-corrected chi connectivity index (χ2v) is 3.60. The van der Waals surface area contributed by atoms with Crippen molar-refractivity contribution >= 4 is 18.4 Å². The molecule has 0 bridgehead atoms. The van der Waals surface area contributed by atoms with Gasteiger partial charge in [-0.25, -0.2) is 0 Å². The zero-order valence-corrected chi connectivity index (χ0v) is 8.43. The number of nitrogens with zero attached hydrogens (tertiary/aromatic N) is 2. The van der Waals surface area contributed by atoms with Crippen molar-refractivity contribution in [2.75, 3.05) is 18.9 Å². The third kappa shape index (κ3) is 1.51. The Morgan fingerprint density at radius 1 is 1.50 bits per heavy atom. The van der Waals surface area contributed by atoms with Crippen molar-refractivity contribution < 1.29 is 9.31 Å². The Kier molecular flexibility index (Phi) is 2.47. The van der Waals surface area contributed by atoms with Crippen molar-refractivity contribution in [1.29, 1.82) is 0 Å². The Bertz CT molecular complexity index is 320. The van der Waals surface area contributed by atoms with Crippen LogP contribution in [0.25, 0.3) is 0 Å². The van der Waals surface area contributed by atoms with Crippen LogP contribution >= 0.6 is 0 Å². The number of aromatic nitrogens is 2. The third-order valence-electron chi connectivity index (χ3n) is 2.20. The Morgan fingerprint density at radius 2 is 2.14 bits per heavy atom. The van der Waals surface area contributed by atoms with Crippen LogP contribution in [0.1, 0.15) is 19.9 Å². The van der Waals surface area contributed by atoms with Crippen LogP contribution in [0.2, 0.25) is 0 Å². The van der Waals surface area contributed by atoms with Gasteiger partial charge in [0.25, 0.3) is 0 Å². The standard InChI is InChI=1S/C8H14BN3O2/c1-6(2)12-8(7(10)5-11-12)9-13-3-4-14-9/h5-6H,3-4,10H2,1-2H3. The Morgan fingerprint density at radius 3 is 2.71 bits per heavy atom. The molecular weight excluding hydrogens is 181 g/mol. The van der Waals surface area contributed by atoms with E-state index >= 15 is 0 Å². The highest BCUT2D eigenvalue weighted by molar-refractivity contribution is 6.62. The van der Waals surface area contributed by atoms with Crippen molar-refractivity contribution in [3.63, 3.8) is 0 Å². The van der Waals surface area contributed by atoms with Gasteiger partial charge in [-0.15, -0.1) is 0 Å². The second kappa shape index (κ2) is 3.63. The molecule has 1 aromatic heterocycles. The highest BCUT2D eigenvalue weighted by Gasteiger charge is 2.32. The van der Waals surface area contributed by atoms with Crippen LogP contribution in [0, 0.1) is 0 Å². The first-order valence-electron chi connectivity index (χ1n) is 4.76. The van der Waals surface area contributed by atoms with Crippen LogP contribution < -0.4 is 11.3 Å². The first-order chi connectivity index (χ1) is 6.70. The van der Waals surface area contributed by atoms with E-state index in [0.29, 0.717) is 18.9 Å². The molecule has 14 heavy (non-hydrogen) atoms. The highest BCUT2D eigenvalue weighted by atomic mass is 16.6. The minimum absolute atomic E-state index is 0.259. The minimum atomic E-state index is -0.347. The lowest BCUT2D eigenvalue weighted by Gasteiger charge is -2.12. The molecule has 1 aliphatic heterocycles. The molecule has 1 aliphatic rings. The first-order valence-corrected chi connectivity index (χ1v) is 4.76. The Hall–Kier alpha value is -1.01. The molecule has 0 saturated carbocycles. The van der Waals surface area contributed by atoms with E-state index in [1.165, 1.54) is 0 Å². The molecule has 0 aliphatic carbocycles. The van der Waals surface area contributed by atoms with Gasteiger partial charge in [0.2, 0.25) is 0 Å². The van der Waals surface area contributed by atoms with Gasteiger partial charge in [0.05, 0.1) is 30.7 Å². The maximum atomic E-state index is 5.82. The number of hydrogen-bond acceptors (Lipinski definition) is 4. The number of hydrogen-bond donors (Lipinski definition) is 1. The fraction of sp³-hybridized carbons (Fsp3) is 0.625. The summed E-state index contributed by atoms with van der Waals surface area (Å²) in [7, 11) is -0.347. The second-order valence-electron chi connectivity index (χ2n) is 3.60. The summed E-state index contributed by atoms with van der Waals surface area (Å²) >= 11 is 0. The average Bonchev–Trinajstić information content (AvgIpc) is 2.71. The predicted octanol–water partition coefficient (Wildman–Crippen LogP) is -0.212. The van der Waals surface area contributed by atoms with Gasteiger partial charge in [-0.1, -0.05) is 0 Å². The quantitative estimate of drug-likeness (QED) is 0.663. The molecular formula is C8H14BN3O2. The van der Waals surface area contributed by atoms with E-state index in [-0.39, 0.29) is 13.2 Å². The monoisotopic (exact) mass is 195 g/mol. The van der Waals surface area contributed by atoms with Gasteiger partial charge < -0.3 is 15.0 Å². The van der Waals surface area contributed by atoms with E-state index in [4.69, 9.17) is 15.0 Å². The number of rotatable bonds is 2. The normalized spacial score (nSPS) is 16.9. The molecule has 0 radical (unpaired) electrons. The molecule has 2 rings (SSSR count). The average molecular weight is 195 g/mol. The molecule has 0 atom stereocenters. The lowest BCUT2D eigenvalue weighted by atomic mass is 9.83. The molecule has 76 valence electrons. The first kappa shape index (κ1) is 9.55. The predicted molar refractivity (Wildman–Crippen MR) is 54.3 cm³/mol. The van der Waals surface area contributed by atoms with Crippen LogP contribution in [-0.2, 0) is 9.31 Å². The number of anilines is 1. The van der Waals surface area contributed by atoms with Crippen LogP contribution in [0.4, 0.5) is 5.69 Å². The molecule has 0 unspecified atom stereocenters. The van der Waals surface area contributed by atoms with Gasteiger partial charge >= 0.3 is 7.12 Å². The van der Waals surface area contributed by atoms with Gasteiger partial charge in [0.1, 0.15) is 0 Å². The van der Waals surface area contributed by atoms with E-state index in [2.05, 4.69) is 5.10 Å². The van der Waals surface area contributed by atoms with Gasteiger partial charge in [0.15, 0.2) is 0 Å². The molecule has 0 aromatic carbocycles. The molecule has 5 nitrogen and oxygen atoms in total. The summed E-state index contributed by atoms with van der Waals surface area (Å²) in [6.45, 7) is 5.33. The smallest absolute Gasteiger partial charge is 0.404 e. The van der Waals surface area contributed by atoms with Gasteiger partial charge in [-0.3, -0.25) is 4.68 Å². The maximum Gasteiger partial charge on any atom is 0.515 e. The van der Waals surface area contributed by atoms with Crippen molar-refractivity contribution in [3.05, 3.63) is 6.20 Å². The maximum absolute atomic E-state index is 5.82. The fourth-order valence-corrected chi connectivity index (χ4v) is 1.56. The van der Waals surface area contributed by atoms with Gasteiger partial charge in [0, 0.05) is 6.04 Å². The zero-order valence-electron chi connectivity index (χ0n) is 8.43. The molecule has 0 amide bonds. The number of nitrogen functional groups attached to an aromatic ring is 1. The summed E-state index contributed by atoms with van der Waals surface area (Å²) in [5, 5.41) is 4.19. The molecule has 1 saturated heterocycles. The third-order valence-corrected chi connectivity index (χ3v) is 2.20.